The van der Waals surface area contributed by atoms with Gasteiger partial charge in [0.25, 0.3) is 5.91 Å². The maximum atomic E-state index is 12.6. The predicted molar refractivity (Wildman–Crippen MR) is 100 cm³/mol. The number of nitrogens with one attached hydrogen (secondary N) is 1. The molecule has 3 aromatic rings. The van der Waals surface area contributed by atoms with Gasteiger partial charge in [-0.05, 0) is 31.2 Å². The second kappa shape index (κ2) is 7.74. The van der Waals surface area contributed by atoms with E-state index in [0.29, 0.717) is 29.3 Å². The van der Waals surface area contributed by atoms with E-state index in [4.69, 9.17) is 9.47 Å². The summed E-state index contributed by atoms with van der Waals surface area (Å²) >= 11 is 0. The number of para-hydroxylation sites is 1. The zero-order valence-electron chi connectivity index (χ0n) is 15.0. The van der Waals surface area contributed by atoms with Gasteiger partial charge in [-0.2, -0.15) is 5.10 Å². The number of hydrogen-bond acceptors (Lipinski definition) is 4. The number of carbonyl (C=O) groups excluding carboxylic acids is 1. The number of carbonyl (C=O) groups is 1. The molecule has 0 unspecified atom stereocenters. The molecule has 26 heavy (non-hydrogen) atoms. The Morgan fingerprint density at radius 1 is 1.12 bits per heavy atom. The van der Waals surface area contributed by atoms with Gasteiger partial charge in [0.15, 0.2) is 0 Å². The van der Waals surface area contributed by atoms with Crippen molar-refractivity contribution in [3.63, 3.8) is 0 Å². The normalized spacial score (nSPS) is 10.4. The number of hydrogen-bond donors (Lipinski definition) is 1. The lowest BCUT2D eigenvalue weighted by molar-refractivity contribution is 0.0956. The SMILES string of the molecule is CCNC(=O)c1cn(-c2ccccc2)nc1-c1ccc(OC)cc1OC. The first-order valence-corrected chi connectivity index (χ1v) is 8.33. The molecular weight excluding hydrogens is 330 g/mol. The fourth-order valence-corrected chi connectivity index (χ4v) is 2.70. The molecule has 0 radical (unpaired) electrons. The molecule has 1 N–H and O–H groups in total. The second-order valence-electron chi connectivity index (χ2n) is 5.60. The number of nitrogens with zero attached hydrogens (tertiary/aromatic N) is 2. The maximum Gasteiger partial charge on any atom is 0.255 e. The Balaban J connectivity index is 2.16. The van der Waals surface area contributed by atoms with Gasteiger partial charge < -0.3 is 14.8 Å². The lowest BCUT2D eigenvalue weighted by atomic mass is 10.1. The smallest absolute Gasteiger partial charge is 0.255 e. The van der Waals surface area contributed by atoms with Crippen molar-refractivity contribution >= 4 is 5.91 Å². The summed E-state index contributed by atoms with van der Waals surface area (Å²) in [7, 11) is 3.18. The van der Waals surface area contributed by atoms with Crippen molar-refractivity contribution in [1.82, 2.24) is 15.1 Å². The highest BCUT2D eigenvalue weighted by atomic mass is 16.5. The molecule has 0 aliphatic heterocycles. The lowest BCUT2D eigenvalue weighted by Crippen LogP contribution is -2.22. The van der Waals surface area contributed by atoms with E-state index >= 15 is 0 Å². The highest BCUT2D eigenvalue weighted by molar-refractivity contribution is 6.00. The van der Waals surface area contributed by atoms with Gasteiger partial charge in [0, 0.05) is 24.4 Å². The lowest BCUT2D eigenvalue weighted by Gasteiger charge is -2.10. The monoisotopic (exact) mass is 351 g/mol. The van der Waals surface area contributed by atoms with Gasteiger partial charge in [-0.15, -0.1) is 0 Å². The van der Waals surface area contributed by atoms with Crippen LogP contribution in [0.3, 0.4) is 0 Å². The van der Waals surface area contributed by atoms with Gasteiger partial charge in [-0.3, -0.25) is 4.79 Å². The highest BCUT2D eigenvalue weighted by Crippen LogP contribution is 2.34. The molecule has 1 aromatic heterocycles. The second-order valence-corrected chi connectivity index (χ2v) is 5.60. The molecule has 134 valence electrons. The van der Waals surface area contributed by atoms with E-state index in [0.717, 1.165) is 11.3 Å². The zero-order valence-corrected chi connectivity index (χ0v) is 15.0. The number of methoxy groups -OCH3 is 2. The van der Waals surface area contributed by atoms with Crippen LogP contribution < -0.4 is 14.8 Å². The van der Waals surface area contributed by atoms with Crippen LogP contribution in [-0.4, -0.2) is 36.5 Å². The van der Waals surface area contributed by atoms with Crippen LogP contribution in [0, 0.1) is 0 Å². The molecule has 0 saturated heterocycles. The highest BCUT2D eigenvalue weighted by Gasteiger charge is 2.21. The van der Waals surface area contributed by atoms with Crippen LogP contribution in [0.4, 0.5) is 0 Å². The summed E-state index contributed by atoms with van der Waals surface area (Å²) in [5.74, 6) is 1.09. The van der Waals surface area contributed by atoms with E-state index in [1.54, 1.807) is 31.2 Å². The molecule has 2 aromatic carbocycles. The van der Waals surface area contributed by atoms with Crippen LogP contribution in [0.2, 0.25) is 0 Å². The van der Waals surface area contributed by atoms with Gasteiger partial charge in [-0.25, -0.2) is 4.68 Å². The van der Waals surface area contributed by atoms with Crippen LogP contribution >= 0.6 is 0 Å². The molecule has 0 saturated carbocycles. The van der Waals surface area contributed by atoms with Crippen LogP contribution in [0.1, 0.15) is 17.3 Å². The molecule has 0 spiro atoms. The first-order valence-electron chi connectivity index (χ1n) is 8.33. The number of benzene rings is 2. The summed E-state index contributed by atoms with van der Waals surface area (Å²) in [6.45, 7) is 2.42. The molecule has 0 aliphatic rings. The van der Waals surface area contributed by atoms with Crippen LogP contribution in [0.15, 0.2) is 54.7 Å². The number of ether oxygens (including phenoxy) is 2. The fourth-order valence-electron chi connectivity index (χ4n) is 2.70. The van der Waals surface area contributed by atoms with E-state index in [9.17, 15) is 4.79 Å². The zero-order chi connectivity index (χ0) is 18.5. The van der Waals surface area contributed by atoms with E-state index in [2.05, 4.69) is 10.4 Å². The molecular formula is C20H21N3O3. The summed E-state index contributed by atoms with van der Waals surface area (Å²) in [5, 5.41) is 7.49. The largest absolute Gasteiger partial charge is 0.497 e. The minimum absolute atomic E-state index is 0.178. The Hall–Kier alpha value is -3.28. The molecule has 0 fully saturated rings. The topological polar surface area (TPSA) is 65.4 Å². The minimum atomic E-state index is -0.178. The van der Waals surface area contributed by atoms with Crippen LogP contribution in [0.5, 0.6) is 11.5 Å². The summed E-state index contributed by atoms with van der Waals surface area (Å²) in [6, 6.07) is 15.1. The van der Waals surface area contributed by atoms with Gasteiger partial charge >= 0.3 is 0 Å². The quantitative estimate of drug-likeness (QED) is 0.740. The van der Waals surface area contributed by atoms with E-state index in [-0.39, 0.29) is 5.91 Å². The van der Waals surface area contributed by atoms with Gasteiger partial charge in [0.05, 0.1) is 25.5 Å². The molecule has 3 rings (SSSR count). The Labute approximate surface area is 152 Å². The van der Waals surface area contributed by atoms with Crippen molar-refractivity contribution in [2.45, 2.75) is 6.92 Å². The molecule has 1 amide bonds. The van der Waals surface area contributed by atoms with E-state index < -0.39 is 0 Å². The fraction of sp³-hybridized carbons (Fsp3) is 0.200. The third-order valence-corrected chi connectivity index (χ3v) is 3.98. The van der Waals surface area contributed by atoms with Gasteiger partial charge in [0.1, 0.15) is 17.2 Å². The van der Waals surface area contributed by atoms with E-state index in [1.807, 2.05) is 49.4 Å². The van der Waals surface area contributed by atoms with Crippen molar-refractivity contribution in [3.05, 3.63) is 60.3 Å². The average Bonchev–Trinajstić information content (AvgIpc) is 3.13. The maximum absolute atomic E-state index is 12.6. The standard InChI is InChI=1S/C20H21N3O3/c1-4-21-20(24)17-13-23(14-8-6-5-7-9-14)22-19(17)16-11-10-15(25-2)12-18(16)26-3/h5-13H,4H2,1-3H3,(H,21,24). The molecule has 1 heterocycles. The summed E-state index contributed by atoms with van der Waals surface area (Å²) in [4.78, 5) is 12.6. The number of aromatic nitrogens is 2. The van der Waals surface area contributed by atoms with Crippen molar-refractivity contribution < 1.29 is 14.3 Å². The molecule has 0 aliphatic carbocycles. The third kappa shape index (κ3) is 3.39. The Bertz CT molecular complexity index is 904. The van der Waals surface area contributed by atoms with Crippen molar-refractivity contribution in [3.8, 4) is 28.4 Å². The Morgan fingerprint density at radius 2 is 1.88 bits per heavy atom. The summed E-state index contributed by atoms with van der Waals surface area (Å²) in [6.07, 6.45) is 1.74. The molecule has 6 nitrogen and oxygen atoms in total. The van der Waals surface area contributed by atoms with Crippen LogP contribution in [-0.2, 0) is 0 Å². The number of amides is 1. The number of rotatable bonds is 6. The minimum Gasteiger partial charge on any atom is -0.497 e. The first-order chi connectivity index (χ1) is 12.7. The van der Waals surface area contributed by atoms with Crippen molar-refractivity contribution in [1.29, 1.82) is 0 Å². The van der Waals surface area contributed by atoms with Gasteiger partial charge in [-0.1, -0.05) is 18.2 Å². The summed E-state index contributed by atoms with van der Waals surface area (Å²) in [5.41, 5.74) is 2.64. The average molecular weight is 351 g/mol. The van der Waals surface area contributed by atoms with Crippen molar-refractivity contribution in [2.75, 3.05) is 20.8 Å². The Morgan fingerprint density at radius 3 is 2.54 bits per heavy atom. The van der Waals surface area contributed by atoms with Crippen LogP contribution in [0.25, 0.3) is 16.9 Å². The third-order valence-electron chi connectivity index (χ3n) is 3.98. The Kier molecular flexibility index (Phi) is 5.22. The molecule has 0 bridgehead atoms. The van der Waals surface area contributed by atoms with Crippen molar-refractivity contribution in [2.24, 2.45) is 0 Å². The summed E-state index contributed by atoms with van der Waals surface area (Å²) < 4.78 is 12.4. The first kappa shape index (κ1) is 17.5. The molecule has 6 heteroatoms. The molecule has 0 atom stereocenters. The predicted octanol–water partition coefficient (Wildman–Crippen LogP) is 3.31. The van der Waals surface area contributed by atoms with Gasteiger partial charge in [0.2, 0.25) is 0 Å². The van der Waals surface area contributed by atoms with E-state index in [1.165, 1.54) is 0 Å².